The predicted molar refractivity (Wildman–Crippen MR) is 100 cm³/mol. The molecule has 2 heterocycles. The first-order valence-corrected chi connectivity index (χ1v) is 8.52. The van der Waals surface area contributed by atoms with Crippen molar-refractivity contribution in [2.45, 2.75) is 25.8 Å². The van der Waals surface area contributed by atoms with Gasteiger partial charge in [-0.15, -0.1) is 0 Å². The number of nitrogens with one attached hydrogen (secondary N) is 1. The number of anilines is 1. The first-order chi connectivity index (χ1) is 12.6. The topological polar surface area (TPSA) is 74.9 Å². The molecule has 1 aliphatic rings. The summed E-state index contributed by atoms with van der Waals surface area (Å²) >= 11 is 0. The molecular weight excluding hydrogens is 326 g/mol. The maximum absolute atomic E-state index is 12.8. The van der Waals surface area contributed by atoms with Crippen LogP contribution in [0.2, 0.25) is 0 Å². The third kappa shape index (κ3) is 2.56. The van der Waals surface area contributed by atoms with Crippen LogP contribution in [0.1, 0.15) is 34.5 Å². The molecule has 128 valence electrons. The summed E-state index contributed by atoms with van der Waals surface area (Å²) in [5.41, 5.74) is 3.45. The average molecular weight is 343 g/mol. The standard InChI is InChI=1S/C21H17N3O2/c1-13-11-15-3-2-4-17-19(15)24(13)12-18(20(17)25)21(26)23-16-7-5-14(6-8-16)9-10-22/h2-8,12-13H,9,11H2,1H3,(H,23,26)/t13-/m0/s1. The fourth-order valence-electron chi connectivity index (χ4n) is 3.57. The van der Waals surface area contributed by atoms with Gasteiger partial charge in [-0.1, -0.05) is 24.3 Å². The molecule has 0 fully saturated rings. The van der Waals surface area contributed by atoms with Crippen molar-refractivity contribution >= 4 is 22.5 Å². The number of rotatable bonds is 3. The van der Waals surface area contributed by atoms with Gasteiger partial charge in [0.15, 0.2) is 0 Å². The number of nitrogens with zero attached hydrogens (tertiary/aromatic N) is 2. The first-order valence-electron chi connectivity index (χ1n) is 8.52. The molecule has 0 saturated carbocycles. The molecule has 5 nitrogen and oxygen atoms in total. The van der Waals surface area contributed by atoms with Crippen LogP contribution in [0.4, 0.5) is 5.69 Å². The van der Waals surface area contributed by atoms with Gasteiger partial charge in [-0.25, -0.2) is 0 Å². The van der Waals surface area contributed by atoms with E-state index in [0.717, 1.165) is 23.1 Å². The Kier molecular flexibility index (Phi) is 3.81. The lowest BCUT2D eigenvalue weighted by Crippen LogP contribution is -2.23. The number of pyridine rings is 1. The van der Waals surface area contributed by atoms with Crippen LogP contribution in [-0.2, 0) is 12.8 Å². The van der Waals surface area contributed by atoms with Crippen LogP contribution in [0.15, 0.2) is 53.5 Å². The number of hydrogen-bond acceptors (Lipinski definition) is 3. The Labute approximate surface area is 150 Å². The second-order valence-electron chi connectivity index (χ2n) is 6.63. The molecule has 1 amide bonds. The molecule has 1 atom stereocenters. The Balaban J connectivity index is 1.71. The molecule has 1 aromatic heterocycles. The van der Waals surface area contributed by atoms with Crippen molar-refractivity contribution in [2.24, 2.45) is 0 Å². The van der Waals surface area contributed by atoms with Crippen molar-refractivity contribution in [3.05, 3.63) is 75.6 Å². The van der Waals surface area contributed by atoms with E-state index in [1.54, 1.807) is 36.5 Å². The zero-order valence-corrected chi connectivity index (χ0v) is 14.3. The quantitative estimate of drug-likeness (QED) is 0.791. The normalized spacial score (nSPS) is 15.0. The minimum Gasteiger partial charge on any atom is -0.343 e. The summed E-state index contributed by atoms with van der Waals surface area (Å²) < 4.78 is 2.02. The van der Waals surface area contributed by atoms with Crippen molar-refractivity contribution in [3.8, 4) is 6.07 Å². The van der Waals surface area contributed by atoms with Crippen molar-refractivity contribution in [2.75, 3.05) is 5.32 Å². The predicted octanol–water partition coefficient (Wildman–Crippen LogP) is 3.44. The molecule has 0 radical (unpaired) electrons. The monoisotopic (exact) mass is 343 g/mol. The smallest absolute Gasteiger partial charge is 0.261 e. The maximum atomic E-state index is 12.8. The number of carbonyl (C=O) groups is 1. The third-order valence-corrected chi connectivity index (χ3v) is 4.87. The van der Waals surface area contributed by atoms with Gasteiger partial charge in [0.1, 0.15) is 5.56 Å². The van der Waals surface area contributed by atoms with Crippen LogP contribution in [0, 0.1) is 11.3 Å². The SMILES string of the molecule is C[C@H]1Cc2cccc3c(=O)c(C(=O)Nc4ccc(CC#N)cc4)cn1c23. The van der Waals surface area contributed by atoms with Crippen LogP contribution in [0.3, 0.4) is 0 Å². The first kappa shape index (κ1) is 16.1. The Morgan fingerprint density at radius 1 is 1.27 bits per heavy atom. The lowest BCUT2D eigenvalue weighted by Gasteiger charge is -2.13. The third-order valence-electron chi connectivity index (χ3n) is 4.87. The molecule has 0 saturated heterocycles. The van der Waals surface area contributed by atoms with Gasteiger partial charge < -0.3 is 9.88 Å². The number of hydrogen-bond donors (Lipinski definition) is 1. The van der Waals surface area contributed by atoms with Gasteiger partial charge >= 0.3 is 0 Å². The van der Waals surface area contributed by atoms with E-state index in [9.17, 15) is 9.59 Å². The van der Waals surface area contributed by atoms with Gasteiger partial charge in [0.05, 0.1) is 18.0 Å². The molecule has 5 heteroatoms. The zero-order chi connectivity index (χ0) is 18.3. The van der Waals surface area contributed by atoms with E-state index < -0.39 is 5.91 Å². The lowest BCUT2D eigenvalue weighted by molar-refractivity contribution is 0.102. The van der Waals surface area contributed by atoms with Gasteiger partial charge in [0.25, 0.3) is 5.91 Å². The van der Waals surface area contributed by atoms with Crippen LogP contribution in [0.25, 0.3) is 10.9 Å². The van der Waals surface area contributed by atoms with Crippen molar-refractivity contribution in [1.82, 2.24) is 4.57 Å². The minimum absolute atomic E-state index is 0.143. The largest absolute Gasteiger partial charge is 0.343 e. The van der Waals surface area contributed by atoms with E-state index in [4.69, 9.17) is 5.26 Å². The van der Waals surface area contributed by atoms with E-state index in [2.05, 4.69) is 18.3 Å². The van der Waals surface area contributed by atoms with Gasteiger partial charge in [0, 0.05) is 23.3 Å². The number of aromatic nitrogens is 1. The molecule has 0 spiro atoms. The van der Waals surface area contributed by atoms with Crippen LogP contribution < -0.4 is 10.7 Å². The molecule has 4 rings (SSSR count). The number of benzene rings is 2. The molecule has 0 aliphatic carbocycles. The van der Waals surface area contributed by atoms with Gasteiger partial charge in [-0.05, 0) is 42.7 Å². The van der Waals surface area contributed by atoms with E-state index in [0.29, 0.717) is 17.5 Å². The van der Waals surface area contributed by atoms with Gasteiger partial charge in [-0.3, -0.25) is 9.59 Å². The summed E-state index contributed by atoms with van der Waals surface area (Å²) in [7, 11) is 0. The van der Waals surface area contributed by atoms with Crippen molar-refractivity contribution < 1.29 is 4.79 Å². The molecule has 1 aliphatic heterocycles. The maximum Gasteiger partial charge on any atom is 0.261 e. The summed E-state index contributed by atoms with van der Waals surface area (Å²) in [6, 6.07) is 15.0. The molecular formula is C21H17N3O2. The zero-order valence-electron chi connectivity index (χ0n) is 14.3. The number of nitriles is 1. The van der Waals surface area contributed by atoms with Gasteiger partial charge in [-0.2, -0.15) is 5.26 Å². The second-order valence-corrected chi connectivity index (χ2v) is 6.63. The van der Waals surface area contributed by atoms with E-state index in [1.807, 2.05) is 16.7 Å². The van der Waals surface area contributed by atoms with Crippen molar-refractivity contribution in [1.29, 1.82) is 5.26 Å². The summed E-state index contributed by atoms with van der Waals surface area (Å²) in [4.78, 5) is 25.5. The summed E-state index contributed by atoms with van der Waals surface area (Å²) in [5.74, 6) is -0.418. The lowest BCUT2D eigenvalue weighted by atomic mass is 10.1. The van der Waals surface area contributed by atoms with Crippen LogP contribution in [-0.4, -0.2) is 10.5 Å². The highest BCUT2D eigenvalue weighted by Crippen LogP contribution is 2.30. The molecule has 3 aromatic rings. The summed E-state index contributed by atoms with van der Waals surface area (Å²) in [6.45, 7) is 2.08. The molecule has 0 unspecified atom stereocenters. The van der Waals surface area contributed by atoms with E-state index >= 15 is 0 Å². The number of carbonyl (C=O) groups excluding carboxylic acids is 1. The highest BCUT2D eigenvalue weighted by Gasteiger charge is 2.24. The summed E-state index contributed by atoms with van der Waals surface area (Å²) in [5, 5.41) is 12.1. The highest BCUT2D eigenvalue weighted by molar-refractivity contribution is 6.06. The average Bonchev–Trinajstić information content (AvgIpc) is 2.96. The fourth-order valence-corrected chi connectivity index (χ4v) is 3.57. The Morgan fingerprint density at radius 2 is 2.04 bits per heavy atom. The molecule has 1 N–H and O–H groups in total. The number of para-hydroxylation sites is 1. The molecule has 0 bridgehead atoms. The summed E-state index contributed by atoms with van der Waals surface area (Å²) in [6.07, 6.45) is 2.86. The van der Waals surface area contributed by atoms with E-state index in [1.165, 1.54) is 0 Å². The minimum atomic E-state index is -0.418. The van der Waals surface area contributed by atoms with Crippen LogP contribution in [0.5, 0.6) is 0 Å². The van der Waals surface area contributed by atoms with E-state index in [-0.39, 0.29) is 17.0 Å². The number of amides is 1. The molecule has 26 heavy (non-hydrogen) atoms. The highest BCUT2D eigenvalue weighted by atomic mass is 16.2. The van der Waals surface area contributed by atoms with Gasteiger partial charge in [0.2, 0.25) is 5.43 Å². The second kappa shape index (κ2) is 6.16. The van der Waals surface area contributed by atoms with Crippen molar-refractivity contribution in [3.63, 3.8) is 0 Å². The Hall–Kier alpha value is -3.39. The van der Waals surface area contributed by atoms with Crippen LogP contribution >= 0.6 is 0 Å². The Bertz CT molecular complexity index is 1120. The fraction of sp³-hybridized carbons (Fsp3) is 0.190. The molecule has 2 aromatic carbocycles. The Morgan fingerprint density at radius 3 is 2.77 bits per heavy atom.